The Hall–Kier alpha value is -2.83. The fourth-order valence-electron chi connectivity index (χ4n) is 2.99. The fourth-order valence-corrected chi connectivity index (χ4v) is 3.16. The maximum Gasteiger partial charge on any atom is 0.246 e. The predicted molar refractivity (Wildman–Crippen MR) is 116 cm³/mol. The van der Waals surface area contributed by atoms with Crippen molar-refractivity contribution in [2.75, 3.05) is 36.5 Å². The number of ether oxygens (including phenoxy) is 1. The average molecular weight is 414 g/mol. The van der Waals surface area contributed by atoms with E-state index in [0.29, 0.717) is 23.9 Å². The maximum atomic E-state index is 12.6. The Bertz CT molecular complexity index is 880. The number of anilines is 2. The second-order valence-electron chi connectivity index (χ2n) is 6.72. The first-order valence-electron chi connectivity index (χ1n) is 9.49. The van der Waals surface area contributed by atoms with Crippen molar-refractivity contribution in [3.05, 3.63) is 65.2 Å². The second-order valence-corrected chi connectivity index (χ2v) is 7.16. The number of amides is 2. The molecule has 1 unspecified atom stereocenters. The zero-order valence-corrected chi connectivity index (χ0v) is 17.0. The molecule has 0 saturated carbocycles. The standard InChI is InChI=1S/C22H24ClN3O3/c1-16(24-21(27)10-7-17-5-3-2-4-6-17)22(28)25-19-15-18(23)8-9-20(19)26-11-13-29-14-12-26/h2-10,15-16H,11-14H2,1H3,(H,24,27)(H,25,28)/b10-7+. The molecule has 0 aromatic heterocycles. The van der Waals surface area contributed by atoms with E-state index >= 15 is 0 Å². The lowest BCUT2D eigenvalue weighted by atomic mass is 10.2. The number of hydrogen-bond donors (Lipinski definition) is 2. The molecule has 2 N–H and O–H groups in total. The van der Waals surface area contributed by atoms with Crippen molar-refractivity contribution in [1.29, 1.82) is 0 Å². The minimum absolute atomic E-state index is 0.316. The smallest absolute Gasteiger partial charge is 0.246 e. The van der Waals surface area contributed by atoms with Crippen LogP contribution in [0.15, 0.2) is 54.6 Å². The first kappa shape index (κ1) is 20.9. The van der Waals surface area contributed by atoms with Gasteiger partial charge >= 0.3 is 0 Å². The van der Waals surface area contributed by atoms with E-state index in [0.717, 1.165) is 24.3 Å². The summed E-state index contributed by atoms with van der Waals surface area (Å²) in [6.07, 6.45) is 3.12. The van der Waals surface area contributed by atoms with Gasteiger partial charge in [0, 0.05) is 24.2 Å². The minimum atomic E-state index is -0.709. The molecule has 6 nitrogen and oxygen atoms in total. The van der Waals surface area contributed by atoms with Crippen LogP contribution >= 0.6 is 11.6 Å². The zero-order valence-electron chi connectivity index (χ0n) is 16.2. The summed E-state index contributed by atoms with van der Waals surface area (Å²) >= 11 is 6.13. The van der Waals surface area contributed by atoms with E-state index in [1.165, 1.54) is 6.08 Å². The highest BCUT2D eigenvalue weighted by molar-refractivity contribution is 6.31. The number of benzene rings is 2. The SMILES string of the molecule is CC(NC(=O)/C=C/c1ccccc1)C(=O)Nc1cc(Cl)ccc1N1CCOCC1. The third-order valence-corrected chi connectivity index (χ3v) is 4.78. The second kappa shape index (κ2) is 10.1. The topological polar surface area (TPSA) is 70.7 Å². The summed E-state index contributed by atoms with van der Waals surface area (Å²) < 4.78 is 5.39. The number of carbonyl (C=O) groups is 2. The van der Waals surface area contributed by atoms with E-state index in [9.17, 15) is 9.59 Å². The largest absolute Gasteiger partial charge is 0.378 e. The number of rotatable bonds is 6. The van der Waals surface area contributed by atoms with E-state index in [4.69, 9.17) is 16.3 Å². The number of nitrogens with zero attached hydrogens (tertiary/aromatic N) is 1. The Morgan fingerprint density at radius 2 is 1.86 bits per heavy atom. The van der Waals surface area contributed by atoms with Gasteiger partial charge in [0.25, 0.3) is 0 Å². The lowest BCUT2D eigenvalue weighted by Crippen LogP contribution is -2.41. The summed E-state index contributed by atoms with van der Waals surface area (Å²) in [5, 5.41) is 6.09. The molecule has 7 heteroatoms. The number of nitrogens with one attached hydrogen (secondary N) is 2. The molecule has 1 atom stereocenters. The molecule has 1 aliphatic heterocycles. The molecule has 1 aliphatic rings. The van der Waals surface area contributed by atoms with Gasteiger partial charge in [0.15, 0.2) is 0 Å². The maximum absolute atomic E-state index is 12.6. The molecule has 0 bridgehead atoms. The normalized spacial score (nSPS) is 15.2. The predicted octanol–water partition coefficient (Wildman–Crippen LogP) is 3.33. The third-order valence-electron chi connectivity index (χ3n) is 4.55. The Kier molecular flexibility index (Phi) is 7.27. The summed E-state index contributed by atoms with van der Waals surface area (Å²) in [5.41, 5.74) is 2.41. The van der Waals surface area contributed by atoms with Gasteiger partial charge in [-0.25, -0.2) is 0 Å². The fraction of sp³-hybridized carbons (Fsp3) is 0.273. The molecular formula is C22H24ClN3O3. The average Bonchev–Trinajstić information content (AvgIpc) is 2.73. The van der Waals surface area contributed by atoms with E-state index in [-0.39, 0.29) is 11.8 Å². The number of carbonyl (C=O) groups excluding carboxylic acids is 2. The first-order chi connectivity index (χ1) is 14.0. The van der Waals surface area contributed by atoms with Crippen LogP contribution in [0, 0.1) is 0 Å². The molecular weight excluding hydrogens is 390 g/mol. The molecule has 152 valence electrons. The van der Waals surface area contributed by atoms with Crippen molar-refractivity contribution in [3.63, 3.8) is 0 Å². The number of hydrogen-bond acceptors (Lipinski definition) is 4. The molecule has 2 aromatic carbocycles. The van der Waals surface area contributed by atoms with Crippen molar-refractivity contribution >= 4 is 40.9 Å². The van der Waals surface area contributed by atoms with E-state index in [1.54, 1.807) is 25.1 Å². The zero-order chi connectivity index (χ0) is 20.6. The van der Waals surface area contributed by atoms with Gasteiger partial charge in [-0.1, -0.05) is 41.9 Å². The van der Waals surface area contributed by atoms with Crippen LogP contribution in [0.4, 0.5) is 11.4 Å². The molecule has 0 spiro atoms. The molecule has 29 heavy (non-hydrogen) atoms. The van der Waals surface area contributed by atoms with Gasteiger partial charge in [0.05, 0.1) is 24.6 Å². The highest BCUT2D eigenvalue weighted by atomic mass is 35.5. The molecule has 1 fully saturated rings. The lowest BCUT2D eigenvalue weighted by molar-refractivity contribution is -0.123. The van der Waals surface area contributed by atoms with Crippen LogP contribution in [0.25, 0.3) is 6.08 Å². The molecule has 2 aromatic rings. The Morgan fingerprint density at radius 3 is 2.59 bits per heavy atom. The van der Waals surface area contributed by atoms with Crippen molar-refractivity contribution in [3.8, 4) is 0 Å². The summed E-state index contributed by atoms with van der Waals surface area (Å²) in [4.78, 5) is 26.9. The molecule has 0 radical (unpaired) electrons. The van der Waals surface area contributed by atoms with Gasteiger partial charge in [-0.2, -0.15) is 0 Å². The van der Waals surface area contributed by atoms with Crippen LogP contribution < -0.4 is 15.5 Å². The molecule has 0 aliphatic carbocycles. The van der Waals surface area contributed by atoms with E-state index in [2.05, 4.69) is 15.5 Å². The first-order valence-corrected chi connectivity index (χ1v) is 9.87. The van der Waals surface area contributed by atoms with Gasteiger partial charge in [-0.3, -0.25) is 9.59 Å². The Labute approximate surface area is 175 Å². The van der Waals surface area contributed by atoms with Crippen LogP contribution in [0.2, 0.25) is 5.02 Å². The van der Waals surface area contributed by atoms with Gasteiger partial charge in [-0.05, 0) is 36.8 Å². The molecule has 1 saturated heterocycles. The highest BCUT2D eigenvalue weighted by Crippen LogP contribution is 2.30. The number of halogens is 1. The van der Waals surface area contributed by atoms with Crippen LogP contribution in [-0.2, 0) is 14.3 Å². The monoisotopic (exact) mass is 413 g/mol. The van der Waals surface area contributed by atoms with Gasteiger partial charge in [0.2, 0.25) is 11.8 Å². The van der Waals surface area contributed by atoms with Crippen molar-refractivity contribution in [2.45, 2.75) is 13.0 Å². The van der Waals surface area contributed by atoms with Crippen LogP contribution in [0.1, 0.15) is 12.5 Å². The summed E-state index contributed by atoms with van der Waals surface area (Å²) in [6.45, 7) is 4.39. The van der Waals surface area contributed by atoms with Crippen LogP contribution in [-0.4, -0.2) is 44.2 Å². The van der Waals surface area contributed by atoms with Gasteiger partial charge < -0.3 is 20.3 Å². The summed E-state index contributed by atoms with van der Waals surface area (Å²) in [7, 11) is 0. The summed E-state index contributed by atoms with van der Waals surface area (Å²) in [6, 6.07) is 14.2. The van der Waals surface area contributed by atoms with Crippen molar-refractivity contribution < 1.29 is 14.3 Å². The van der Waals surface area contributed by atoms with Gasteiger partial charge in [-0.15, -0.1) is 0 Å². The van der Waals surface area contributed by atoms with Crippen molar-refractivity contribution in [2.24, 2.45) is 0 Å². The van der Waals surface area contributed by atoms with E-state index in [1.807, 2.05) is 36.4 Å². The van der Waals surface area contributed by atoms with Gasteiger partial charge in [0.1, 0.15) is 6.04 Å². The molecule has 1 heterocycles. The van der Waals surface area contributed by atoms with E-state index < -0.39 is 6.04 Å². The Balaban J connectivity index is 1.62. The van der Waals surface area contributed by atoms with Crippen LogP contribution in [0.3, 0.4) is 0 Å². The highest BCUT2D eigenvalue weighted by Gasteiger charge is 2.19. The summed E-state index contributed by atoms with van der Waals surface area (Å²) in [5.74, 6) is -0.653. The molecule has 3 rings (SSSR count). The quantitative estimate of drug-likeness (QED) is 0.712. The van der Waals surface area contributed by atoms with Crippen molar-refractivity contribution in [1.82, 2.24) is 5.32 Å². The Morgan fingerprint density at radius 1 is 1.14 bits per heavy atom. The van der Waals surface area contributed by atoms with Crippen LogP contribution in [0.5, 0.6) is 0 Å². The third kappa shape index (κ3) is 6.07. The lowest BCUT2D eigenvalue weighted by Gasteiger charge is -2.30. The minimum Gasteiger partial charge on any atom is -0.378 e. The number of morpholine rings is 1. The molecule has 2 amide bonds.